The number of carbonyl (C=O) groups excluding carboxylic acids is 1. The molecule has 0 aliphatic rings. The monoisotopic (exact) mass is 426 g/mol. The second kappa shape index (κ2) is 8.67. The Bertz CT molecular complexity index is 1160. The Labute approximate surface area is 176 Å². The Morgan fingerprint density at radius 2 is 1.57 bits per heavy atom. The van der Waals surface area contributed by atoms with Gasteiger partial charge in [0.05, 0.1) is 10.9 Å². The van der Waals surface area contributed by atoms with Gasteiger partial charge in [-0.05, 0) is 68.3 Å². The average Bonchev–Trinajstić information content (AvgIpc) is 2.70. The molecular formula is C23H23FN2O3S. The number of sulfonamides is 1. The zero-order valence-corrected chi connectivity index (χ0v) is 17.8. The van der Waals surface area contributed by atoms with Gasteiger partial charge in [-0.3, -0.25) is 9.52 Å². The standard InChI is InChI=1S/C23H23FN2O3S/c1-15-4-12-21(13-5-15)26-30(28,29)22-14-19(7-6-16(22)2)23(27)25-17(3)18-8-10-20(24)11-9-18/h4-14,17,26H,1-3H3,(H,25,27)/t17-/m1/s1. The van der Waals surface area contributed by atoms with Crippen LogP contribution in [0.2, 0.25) is 0 Å². The van der Waals surface area contributed by atoms with Crippen LogP contribution in [-0.2, 0) is 10.0 Å². The summed E-state index contributed by atoms with van der Waals surface area (Å²) in [4.78, 5) is 12.7. The van der Waals surface area contributed by atoms with Crippen molar-refractivity contribution in [2.45, 2.75) is 31.7 Å². The third-order valence-corrected chi connectivity index (χ3v) is 6.28. The largest absolute Gasteiger partial charge is 0.346 e. The van der Waals surface area contributed by atoms with Crippen LogP contribution in [0.15, 0.2) is 71.6 Å². The highest BCUT2D eigenvalue weighted by Gasteiger charge is 2.20. The molecule has 5 nitrogen and oxygen atoms in total. The van der Waals surface area contributed by atoms with Crippen LogP contribution in [0.4, 0.5) is 10.1 Å². The van der Waals surface area contributed by atoms with Crippen molar-refractivity contribution < 1.29 is 17.6 Å². The van der Waals surface area contributed by atoms with Crippen molar-refractivity contribution in [1.82, 2.24) is 5.32 Å². The molecule has 0 radical (unpaired) electrons. The van der Waals surface area contributed by atoms with Crippen LogP contribution in [0.1, 0.15) is 40.0 Å². The molecular weight excluding hydrogens is 403 g/mol. The van der Waals surface area contributed by atoms with Crippen molar-refractivity contribution in [2.24, 2.45) is 0 Å². The zero-order valence-electron chi connectivity index (χ0n) is 16.9. The van der Waals surface area contributed by atoms with Gasteiger partial charge in [0.2, 0.25) is 0 Å². The molecule has 30 heavy (non-hydrogen) atoms. The molecule has 0 unspecified atom stereocenters. The van der Waals surface area contributed by atoms with E-state index < -0.39 is 15.9 Å². The molecule has 0 heterocycles. The Morgan fingerprint density at radius 1 is 0.933 bits per heavy atom. The van der Waals surface area contributed by atoms with Crippen LogP contribution < -0.4 is 10.0 Å². The number of carbonyl (C=O) groups is 1. The number of halogens is 1. The average molecular weight is 427 g/mol. The summed E-state index contributed by atoms with van der Waals surface area (Å²) >= 11 is 0. The molecule has 156 valence electrons. The minimum Gasteiger partial charge on any atom is -0.346 e. The predicted octanol–water partition coefficient (Wildman–Crippen LogP) is 4.73. The lowest BCUT2D eigenvalue weighted by Gasteiger charge is -2.16. The maximum absolute atomic E-state index is 13.1. The molecule has 7 heteroatoms. The van der Waals surface area contributed by atoms with E-state index in [1.807, 2.05) is 19.1 Å². The van der Waals surface area contributed by atoms with Gasteiger partial charge in [0.15, 0.2) is 0 Å². The maximum atomic E-state index is 13.1. The van der Waals surface area contributed by atoms with Gasteiger partial charge in [0, 0.05) is 11.3 Å². The van der Waals surface area contributed by atoms with Crippen LogP contribution >= 0.6 is 0 Å². The summed E-state index contributed by atoms with van der Waals surface area (Å²) < 4.78 is 41.4. The highest BCUT2D eigenvalue weighted by Crippen LogP contribution is 2.22. The highest BCUT2D eigenvalue weighted by atomic mass is 32.2. The van der Waals surface area contributed by atoms with Crippen LogP contribution in [-0.4, -0.2) is 14.3 Å². The topological polar surface area (TPSA) is 75.3 Å². The fourth-order valence-corrected chi connectivity index (χ4v) is 4.31. The van der Waals surface area contributed by atoms with E-state index in [4.69, 9.17) is 0 Å². The molecule has 3 aromatic carbocycles. The zero-order chi connectivity index (χ0) is 21.9. The summed E-state index contributed by atoms with van der Waals surface area (Å²) in [5, 5.41) is 2.81. The molecule has 2 N–H and O–H groups in total. The van der Waals surface area contributed by atoms with Gasteiger partial charge in [0.25, 0.3) is 15.9 Å². The Balaban J connectivity index is 1.82. The quantitative estimate of drug-likeness (QED) is 0.598. The summed E-state index contributed by atoms with van der Waals surface area (Å²) in [5.74, 6) is -0.773. The van der Waals surface area contributed by atoms with Crippen molar-refractivity contribution in [1.29, 1.82) is 0 Å². The fraction of sp³-hybridized carbons (Fsp3) is 0.174. The van der Waals surface area contributed by atoms with Gasteiger partial charge < -0.3 is 5.32 Å². The summed E-state index contributed by atoms with van der Waals surface area (Å²) in [6.07, 6.45) is 0. The predicted molar refractivity (Wildman–Crippen MR) is 115 cm³/mol. The van der Waals surface area contributed by atoms with E-state index in [1.165, 1.54) is 18.2 Å². The first kappa shape index (κ1) is 21.5. The van der Waals surface area contributed by atoms with Crippen molar-refractivity contribution >= 4 is 21.6 Å². The molecule has 0 saturated heterocycles. The SMILES string of the molecule is Cc1ccc(NS(=O)(=O)c2cc(C(=O)N[C@H](C)c3ccc(F)cc3)ccc2C)cc1. The molecule has 0 saturated carbocycles. The van der Waals surface area contributed by atoms with Crippen LogP contribution in [0.5, 0.6) is 0 Å². The number of aryl methyl sites for hydroxylation is 2. The van der Waals surface area contributed by atoms with E-state index in [9.17, 15) is 17.6 Å². The Hall–Kier alpha value is -3.19. The molecule has 1 amide bonds. The van der Waals surface area contributed by atoms with E-state index in [0.717, 1.165) is 11.1 Å². The molecule has 0 bridgehead atoms. The van der Waals surface area contributed by atoms with Gasteiger partial charge in [-0.2, -0.15) is 0 Å². The van der Waals surface area contributed by atoms with E-state index in [2.05, 4.69) is 10.0 Å². The lowest BCUT2D eigenvalue weighted by atomic mass is 10.1. The van der Waals surface area contributed by atoms with Gasteiger partial charge in [-0.25, -0.2) is 12.8 Å². The van der Waals surface area contributed by atoms with Crippen molar-refractivity contribution in [3.8, 4) is 0 Å². The number of benzene rings is 3. The second-order valence-electron chi connectivity index (χ2n) is 7.20. The van der Waals surface area contributed by atoms with Crippen LogP contribution in [0.25, 0.3) is 0 Å². The molecule has 3 rings (SSSR count). The lowest BCUT2D eigenvalue weighted by molar-refractivity contribution is 0.0939. The smallest absolute Gasteiger partial charge is 0.262 e. The summed E-state index contributed by atoms with van der Waals surface area (Å²) in [6.45, 7) is 5.36. The summed E-state index contributed by atoms with van der Waals surface area (Å²) in [6, 6.07) is 17.0. The van der Waals surface area contributed by atoms with Crippen LogP contribution in [0.3, 0.4) is 0 Å². The molecule has 1 atom stereocenters. The minimum atomic E-state index is -3.87. The van der Waals surface area contributed by atoms with Crippen molar-refractivity contribution in [2.75, 3.05) is 4.72 Å². The third-order valence-electron chi connectivity index (χ3n) is 4.76. The van der Waals surface area contributed by atoms with E-state index in [1.54, 1.807) is 50.2 Å². The first-order chi connectivity index (χ1) is 14.2. The minimum absolute atomic E-state index is 0.0326. The molecule has 0 aromatic heterocycles. The number of anilines is 1. The van der Waals surface area contributed by atoms with Gasteiger partial charge >= 0.3 is 0 Å². The van der Waals surface area contributed by atoms with E-state index >= 15 is 0 Å². The first-order valence-electron chi connectivity index (χ1n) is 9.42. The van der Waals surface area contributed by atoms with E-state index in [-0.39, 0.29) is 22.3 Å². The van der Waals surface area contributed by atoms with Crippen LogP contribution in [0, 0.1) is 19.7 Å². The van der Waals surface area contributed by atoms with Gasteiger partial charge in [0.1, 0.15) is 5.82 Å². The summed E-state index contributed by atoms with van der Waals surface area (Å²) in [7, 11) is -3.87. The highest BCUT2D eigenvalue weighted by molar-refractivity contribution is 7.92. The summed E-state index contributed by atoms with van der Waals surface area (Å²) in [5.41, 5.74) is 2.95. The fourth-order valence-electron chi connectivity index (χ4n) is 2.98. The number of nitrogens with one attached hydrogen (secondary N) is 2. The number of hydrogen-bond acceptors (Lipinski definition) is 3. The van der Waals surface area contributed by atoms with Crippen molar-refractivity contribution in [3.05, 3.63) is 94.8 Å². The van der Waals surface area contributed by atoms with Gasteiger partial charge in [-0.15, -0.1) is 0 Å². The lowest BCUT2D eigenvalue weighted by Crippen LogP contribution is -2.27. The number of rotatable bonds is 6. The first-order valence-corrected chi connectivity index (χ1v) is 10.9. The Kier molecular flexibility index (Phi) is 6.22. The molecule has 0 fully saturated rings. The third kappa shape index (κ3) is 5.04. The van der Waals surface area contributed by atoms with Gasteiger partial charge in [-0.1, -0.05) is 35.9 Å². The molecule has 0 spiro atoms. The molecule has 3 aromatic rings. The molecule has 0 aliphatic heterocycles. The number of hydrogen-bond donors (Lipinski definition) is 2. The normalized spacial score (nSPS) is 12.3. The van der Waals surface area contributed by atoms with E-state index in [0.29, 0.717) is 11.3 Å². The second-order valence-corrected chi connectivity index (χ2v) is 8.85. The number of amides is 1. The maximum Gasteiger partial charge on any atom is 0.262 e. The molecule has 0 aliphatic carbocycles. The van der Waals surface area contributed by atoms with Crippen molar-refractivity contribution in [3.63, 3.8) is 0 Å². The Morgan fingerprint density at radius 3 is 2.20 bits per heavy atom.